The topological polar surface area (TPSA) is 75.6 Å². The van der Waals surface area contributed by atoms with Crippen LogP contribution in [0.5, 0.6) is 0 Å². The average Bonchev–Trinajstić information content (AvgIpc) is 2.35. The van der Waals surface area contributed by atoms with E-state index >= 15 is 0 Å². The lowest BCUT2D eigenvalue weighted by Crippen LogP contribution is -2.42. The molecule has 1 aromatic carbocycles. The summed E-state index contributed by atoms with van der Waals surface area (Å²) in [6.07, 6.45) is -0.898. The molecular weight excluding hydrogens is 337 g/mol. The monoisotopic (exact) mass is 349 g/mol. The molecule has 0 spiro atoms. The van der Waals surface area contributed by atoms with Crippen LogP contribution in [-0.2, 0) is 14.3 Å². The van der Waals surface area contributed by atoms with Crippen LogP contribution in [0.4, 0.5) is 0 Å². The number of aliphatic hydroxyl groups excluding tert-OH is 1. The van der Waals surface area contributed by atoms with Gasteiger partial charge in [-0.3, -0.25) is 4.79 Å². The quantitative estimate of drug-likeness (QED) is 0.606. The second-order valence-electron chi connectivity index (χ2n) is 3.62. The summed E-state index contributed by atoms with van der Waals surface area (Å²) in [6, 6.07) is 3.56. The zero-order valence-corrected chi connectivity index (χ0v) is 12.4. The number of ether oxygens (including phenoxy) is 1. The lowest BCUT2D eigenvalue weighted by molar-refractivity contribution is -0.149. The second-order valence-corrected chi connectivity index (χ2v) is 4.92. The van der Waals surface area contributed by atoms with Gasteiger partial charge in [-0.05, 0) is 24.6 Å². The van der Waals surface area contributed by atoms with E-state index in [1.165, 1.54) is 0 Å². The van der Waals surface area contributed by atoms with E-state index in [0.29, 0.717) is 21.5 Å². The van der Waals surface area contributed by atoms with Crippen LogP contribution >= 0.6 is 27.5 Å². The van der Waals surface area contributed by atoms with Crippen LogP contribution in [0.15, 0.2) is 22.7 Å². The molecule has 0 saturated carbocycles. The number of aliphatic hydroxyl groups is 1. The first-order chi connectivity index (χ1) is 9.01. The Hall–Kier alpha value is -1.11. The van der Waals surface area contributed by atoms with Gasteiger partial charge in [-0.2, -0.15) is 0 Å². The molecule has 0 fully saturated rings. The largest absolute Gasteiger partial charge is 0.464 e. The number of esters is 1. The number of rotatable bonds is 6. The van der Waals surface area contributed by atoms with Gasteiger partial charge in [-0.25, -0.2) is 4.79 Å². The van der Waals surface area contributed by atoms with Crippen molar-refractivity contribution in [3.63, 3.8) is 0 Å². The van der Waals surface area contributed by atoms with Crippen molar-refractivity contribution in [2.24, 2.45) is 0 Å². The Balaban J connectivity index is 3.01. The Morgan fingerprint density at radius 3 is 2.84 bits per heavy atom. The minimum absolute atomic E-state index is 0.157. The van der Waals surface area contributed by atoms with Crippen molar-refractivity contribution in [1.82, 2.24) is 5.32 Å². The molecule has 19 heavy (non-hydrogen) atoms. The molecule has 1 rings (SSSR count). The van der Waals surface area contributed by atoms with Crippen molar-refractivity contribution in [2.45, 2.75) is 19.1 Å². The summed E-state index contributed by atoms with van der Waals surface area (Å²) < 4.78 is 5.34. The van der Waals surface area contributed by atoms with Gasteiger partial charge in [0.1, 0.15) is 6.10 Å². The molecule has 1 amide bonds. The number of hydrogen-bond acceptors (Lipinski definition) is 4. The van der Waals surface area contributed by atoms with E-state index in [-0.39, 0.29) is 6.61 Å². The third kappa shape index (κ3) is 4.19. The fourth-order valence-corrected chi connectivity index (χ4v) is 2.43. The molecule has 0 heterocycles. The summed E-state index contributed by atoms with van der Waals surface area (Å²) >= 11 is 9.04. The molecule has 2 N–H and O–H groups in total. The van der Waals surface area contributed by atoms with Crippen LogP contribution in [0.2, 0.25) is 5.02 Å². The number of carbonyl (C=O) groups is 2. The van der Waals surface area contributed by atoms with Crippen molar-refractivity contribution in [3.05, 3.63) is 33.3 Å². The predicted molar refractivity (Wildman–Crippen MR) is 73.7 cm³/mol. The highest BCUT2D eigenvalue weighted by Gasteiger charge is 2.30. The van der Waals surface area contributed by atoms with E-state index in [1.807, 2.05) is 0 Å². The molecule has 0 aliphatic heterocycles. The molecular formula is C12H13BrClNO4. The number of halogens is 2. The van der Waals surface area contributed by atoms with E-state index < -0.39 is 18.1 Å². The first-order valence-corrected chi connectivity index (χ1v) is 6.67. The summed E-state index contributed by atoms with van der Waals surface area (Å²) in [5.41, 5.74) is 0.428. The van der Waals surface area contributed by atoms with Crippen LogP contribution in [0.3, 0.4) is 0 Å². The fourth-order valence-electron chi connectivity index (χ4n) is 1.51. The SMILES string of the molecule is CCOC(=O)C(NC=O)C(O)c1ccc(Cl)cc1Br. The Labute approximate surface area is 124 Å². The van der Waals surface area contributed by atoms with Crippen LogP contribution in [0, 0.1) is 0 Å². The normalized spacial score (nSPS) is 13.5. The van der Waals surface area contributed by atoms with E-state index in [2.05, 4.69) is 21.2 Å². The molecule has 104 valence electrons. The number of carbonyl (C=O) groups excluding carboxylic acids is 2. The molecule has 0 aliphatic rings. The first-order valence-electron chi connectivity index (χ1n) is 5.50. The van der Waals surface area contributed by atoms with E-state index in [9.17, 15) is 14.7 Å². The Morgan fingerprint density at radius 1 is 1.63 bits per heavy atom. The van der Waals surface area contributed by atoms with Crippen molar-refractivity contribution < 1.29 is 19.4 Å². The molecule has 2 atom stereocenters. The third-order valence-corrected chi connectivity index (χ3v) is 3.31. The minimum atomic E-state index is -1.24. The molecule has 5 nitrogen and oxygen atoms in total. The fraction of sp³-hybridized carbons (Fsp3) is 0.333. The molecule has 0 bridgehead atoms. The van der Waals surface area contributed by atoms with Gasteiger partial charge in [0.2, 0.25) is 6.41 Å². The number of nitrogens with one attached hydrogen (secondary N) is 1. The summed E-state index contributed by atoms with van der Waals surface area (Å²) in [6.45, 7) is 1.80. The van der Waals surface area contributed by atoms with Crippen molar-refractivity contribution in [1.29, 1.82) is 0 Å². The Kier molecular flexibility index (Phi) is 6.27. The molecule has 2 unspecified atom stereocenters. The van der Waals surface area contributed by atoms with E-state index in [1.54, 1.807) is 25.1 Å². The molecule has 0 saturated heterocycles. The zero-order valence-electron chi connectivity index (χ0n) is 10.1. The Morgan fingerprint density at radius 2 is 2.32 bits per heavy atom. The highest BCUT2D eigenvalue weighted by Crippen LogP contribution is 2.28. The van der Waals surface area contributed by atoms with Crippen molar-refractivity contribution >= 4 is 39.9 Å². The average molecular weight is 351 g/mol. The van der Waals surface area contributed by atoms with Crippen LogP contribution in [-0.4, -0.2) is 30.1 Å². The standard InChI is InChI=1S/C12H13BrClNO4/c1-2-19-12(18)10(15-6-16)11(17)8-4-3-7(14)5-9(8)13/h3-6,10-11,17H,2H2,1H3,(H,15,16). The Bertz CT molecular complexity index is 469. The number of amides is 1. The first kappa shape index (κ1) is 15.9. The predicted octanol–water partition coefficient (Wildman–Crippen LogP) is 1.81. The summed E-state index contributed by atoms with van der Waals surface area (Å²) in [5.74, 6) is -0.705. The van der Waals surface area contributed by atoms with Crippen molar-refractivity contribution in [2.75, 3.05) is 6.61 Å². The lowest BCUT2D eigenvalue weighted by Gasteiger charge is -2.21. The van der Waals surface area contributed by atoms with E-state index in [0.717, 1.165) is 0 Å². The molecule has 0 aliphatic carbocycles. The van der Waals surface area contributed by atoms with Gasteiger partial charge < -0.3 is 15.2 Å². The molecule has 1 aromatic rings. The van der Waals surface area contributed by atoms with Gasteiger partial charge in [0.05, 0.1) is 6.61 Å². The number of benzene rings is 1. The molecule has 0 aromatic heterocycles. The van der Waals surface area contributed by atoms with Gasteiger partial charge >= 0.3 is 5.97 Å². The maximum absolute atomic E-state index is 11.7. The highest BCUT2D eigenvalue weighted by molar-refractivity contribution is 9.10. The summed E-state index contributed by atoms with van der Waals surface area (Å²) in [7, 11) is 0. The lowest BCUT2D eigenvalue weighted by atomic mass is 10.0. The smallest absolute Gasteiger partial charge is 0.331 e. The second kappa shape index (κ2) is 7.47. The van der Waals surface area contributed by atoms with Gasteiger partial charge in [-0.1, -0.05) is 33.6 Å². The van der Waals surface area contributed by atoms with E-state index in [4.69, 9.17) is 16.3 Å². The summed E-state index contributed by atoms with van der Waals surface area (Å²) in [4.78, 5) is 22.2. The molecule has 0 radical (unpaired) electrons. The minimum Gasteiger partial charge on any atom is -0.464 e. The van der Waals surface area contributed by atoms with Crippen LogP contribution in [0.1, 0.15) is 18.6 Å². The number of hydrogen-bond donors (Lipinski definition) is 2. The summed E-state index contributed by atoms with van der Waals surface area (Å²) in [5, 5.41) is 12.9. The maximum Gasteiger partial charge on any atom is 0.331 e. The van der Waals surface area contributed by atoms with Gasteiger partial charge in [-0.15, -0.1) is 0 Å². The van der Waals surface area contributed by atoms with Crippen LogP contribution < -0.4 is 5.32 Å². The highest BCUT2D eigenvalue weighted by atomic mass is 79.9. The van der Waals surface area contributed by atoms with Crippen LogP contribution in [0.25, 0.3) is 0 Å². The third-order valence-electron chi connectivity index (χ3n) is 2.39. The zero-order chi connectivity index (χ0) is 14.4. The van der Waals surface area contributed by atoms with Gasteiger partial charge in [0, 0.05) is 9.50 Å². The van der Waals surface area contributed by atoms with Gasteiger partial charge in [0.15, 0.2) is 6.04 Å². The maximum atomic E-state index is 11.7. The van der Waals surface area contributed by atoms with Gasteiger partial charge in [0.25, 0.3) is 0 Å². The molecule has 7 heteroatoms. The van der Waals surface area contributed by atoms with Crippen molar-refractivity contribution in [3.8, 4) is 0 Å².